The Morgan fingerprint density at radius 2 is 1.13 bits per heavy atom. The highest BCUT2D eigenvalue weighted by molar-refractivity contribution is 7.88. The predicted octanol–water partition coefficient (Wildman–Crippen LogP) is 9.19. The number of aryl methyl sites for hydroxylation is 4. The summed E-state index contributed by atoms with van der Waals surface area (Å²) >= 11 is 16.5. The number of allylic oxidation sites excluding steroid dienone is 2. The van der Waals surface area contributed by atoms with Crippen LogP contribution in [0.15, 0.2) is 72.8 Å². The number of fused-ring (bicyclic) bond motifs is 2. The molecule has 0 spiro atoms. The van der Waals surface area contributed by atoms with Gasteiger partial charge in [0, 0.05) is 61.7 Å². The molecule has 6 rings (SSSR count). The molecule has 0 aliphatic rings. The number of nitrogens with zero attached hydrogens (tertiary/aromatic N) is 2. The smallest absolute Gasteiger partial charge is 0.266 e. The largest absolute Gasteiger partial charge is 0.364 e. The van der Waals surface area contributed by atoms with Gasteiger partial charge in [0.1, 0.15) is 18.5 Å². The third-order valence-corrected chi connectivity index (χ3v) is 15.3. The summed E-state index contributed by atoms with van der Waals surface area (Å²) in [7, 11) is -3.08. The number of nitrogens with two attached hydrogens (primary N) is 2. The molecule has 17 heteroatoms. The molecule has 0 aliphatic carbocycles. The molecule has 4 aromatic carbocycles. The van der Waals surface area contributed by atoms with Gasteiger partial charge < -0.3 is 30.5 Å². The molecule has 11 nitrogen and oxygen atoms in total. The number of primary amides is 2. The third kappa shape index (κ3) is 9.90. The fourth-order valence-electron chi connectivity index (χ4n) is 6.82. The van der Waals surface area contributed by atoms with Gasteiger partial charge in [0.15, 0.2) is 0 Å². The number of aromatic amines is 2. The number of benzene rings is 4. The van der Waals surface area contributed by atoms with Crippen LogP contribution in [0.5, 0.6) is 0 Å². The standard InChI is InChI=1S/C21H19ClN3O3P.C21H19ClN3O2P.CH4.HPS/c1-12-9-14(5-4-8-23)11-15(10-12)29(27,28-3)20-18-13(2)16(22)6-7-17(18)25-19(20)21(24)26;1-12-9-14(5-4-8-23)11-15(10-12)28(3,27)20-18-13(2)16(22)6-7-17(18)25-19(20)21(24)26;;1-2/h4-7,9-11,25H,1-3H3,(H2,24,26);4-7,9-11,25H,1-3H3,(H2,24,26);1H4;1H/b2*5-4+;;/t29-;28-;;/m11../s1. The van der Waals surface area contributed by atoms with Gasteiger partial charge in [-0.05, 0) is 136 Å². The molecule has 0 fully saturated rings. The lowest BCUT2D eigenvalue weighted by Crippen LogP contribution is -2.26. The zero-order chi connectivity index (χ0) is 44.0. The Hall–Kier alpha value is -5.12. The van der Waals surface area contributed by atoms with Crippen LogP contribution in [0.1, 0.15) is 61.8 Å². The van der Waals surface area contributed by atoms with Crippen molar-refractivity contribution in [1.82, 2.24) is 9.97 Å². The van der Waals surface area contributed by atoms with Gasteiger partial charge >= 0.3 is 0 Å². The SMILES string of the molecule is C.CO[P@](=O)(c1cc(C)cc(/C=C/C#N)c1)c1c(C(N)=O)[nH]c2ccc(Cl)c(C)c12.Cc1cc(/C=C/C#N)cc([P@@](C)(=O)c2c(C(N)=O)[nH]c3ccc(Cl)c(C)c23)c1.P=S. The normalized spacial score (nSPS) is 12.9. The molecule has 60 heavy (non-hydrogen) atoms. The highest BCUT2D eigenvalue weighted by Crippen LogP contribution is 2.48. The maximum absolute atomic E-state index is 14.2. The molecule has 310 valence electrons. The molecule has 2 amide bonds. The quantitative estimate of drug-likeness (QED) is 0.0810. The first-order chi connectivity index (χ1) is 27.9. The Morgan fingerprint density at radius 3 is 1.55 bits per heavy atom. The van der Waals surface area contributed by atoms with Crippen molar-refractivity contribution in [2.75, 3.05) is 13.8 Å². The van der Waals surface area contributed by atoms with E-state index in [0.29, 0.717) is 58.9 Å². The molecular formula is C43H43Cl2N6O5P3S. The Labute approximate surface area is 366 Å². The summed E-state index contributed by atoms with van der Waals surface area (Å²) in [4.78, 5) is 30.3. The van der Waals surface area contributed by atoms with Crippen LogP contribution < -0.4 is 32.7 Å². The molecule has 2 aromatic heterocycles. The number of nitrogens with one attached hydrogen (secondary N) is 2. The zero-order valence-electron chi connectivity index (χ0n) is 32.7. The van der Waals surface area contributed by atoms with E-state index in [2.05, 4.69) is 29.8 Å². The van der Waals surface area contributed by atoms with E-state index >= 15 is 0 Å². The average Bonchev–Trinajstić information content (AvgIpc) is 3.81. The van der Waals surface area contributed by atoms with Crippen molar-refractivity contribution in [3.05, 3.63) is 128 Å². The van der Waals surface area contributed by atoms with E-state index in [1.807, 2.05) is 51.1 Å². The van der Waals surface area contributed by atoms with Crippen molar-refractivity contribution in [3.8, 4) is 12.1 Å². The first kappa shape index (κ1) is 49.2. The minimum absolute atomic E-state index is 0. The second-order valence-corrected chi connectivity index (χ2v) is 19.5. The summed E-state index contributed by atoms with van der Waals surface area (Å²) in [5.74, 6) is -1.43. The van der Waals surface area contributed by atoms with Crippen molar-refractivity contribution in [1.29, 1.82) is 10.5 Å². The molecule has 0 unspecified atom stereocenters. The highest BCUT2D eigenvalue weighted by Gasteiger charge is 2.37. The number of aromatic nitrogens is 2. The van der Waals surface area contributed by atoms with Crippen LogP contribution in [0.4, 0.5) is 0 Å². The van der Waals surface area contributed by atoms with E-state index in [4.69, 9.17) is 49.7 Å². The number of H-pyrrole nitrogens is 2. The summed E-state index contributed by atoms with van der Waals surface area (Å²) in [6.45, 7) is 8.96. The summed E-state index contributed by atoms with van der Waals surface area (Å²) in [5.41, 5.74) is 17.1. The van der Waals surface area contributed by atoms with Crippen molar-refractivity contribution >= 4 is 125 Å². The molecule has 0 radical (unpaired) electrons. The topological polar surface area (TPSA) is 209 Å². The molecule has 0 saturated carbocycles. The Balaban J connectivity index is 0.000000303. The number of carbonyl (C=O) groups is 2. The summed E-state index contributed by atoms with van der Waals surface area (Å²) in [6, 6.07) is 21.5. The van der Waals surface area contributed by atoms with E-state index < -0.39 is 26.3 Å². The first-order valence-electron chi connectivity index (χ1n) is 17.4. The lowest BCUT2D eigenvalue weighted by Gasteiger charge is -2.19. The maximum atomic E-state index is 14.2. The number of hydrogen-bond acceptors (Lipinski definition) is 8. The number of carbonyl (C=O) groups excluding carboxylic acids is 2. The second-order valence-electron chi connectivity index (χ2n) is 13.4. The third-order valence-electron chi connectivity index (χ3n) is 9.44. The Kier molecular flexibility index (Phi) is 16.8. The highest BCUT2D eigenvalue weighted by atomic mass is 35.5. The molecule has 0 aliphatic heterocycles. The number of hydrogen-bond donors (Lipinski definition) is 4. The minimum atomic E-state index is -3.73. The van der Waals surface area contributed by atoms with E-state index in [0.717, 1.165) is 22.3 Å². The molecular weight excluding hydrogens is 876 g/mol. The molecule has 2 atom stereocenters. The van der Waals surface area contributed by atoms with Gasteiger partial charge in [-0.2, -0.15) is 10.5 Å². The lowest BCUT2D eigenvalue weighted by molar-refractivity contribution is 0.0989. The van der Waals surface area contributed by atoms with E-state index in [1.165, 1.54) is 19.3 Å². The van der Waals surface area contributed by atoms with Gasteiger partial charge in [-0.15, -0.1) is 0 Å². The minimum Gasteiger partial charge on any atom is -0.364 e. The van der Waals surface area contributed by atoms with Gasteiger partial charge in [0.05, 0.1) is 22.7 Å². The average molecular weight is 920 g/mol. The van der Waals surface area contributed by atoms with E-state index in [9.17, 15) is 18.7 Å². The number of amides is 2. The monoisotopic (exact) mass is 918 g/mol. The zero-order valence-corrected chi connectivity index (χ0v) is 37.8. The van der Waals surface area contributed by atoms with Crippen molar-refractivity contribution in [2.24, 2.45) is 11.5 Å². The first-order valence-corrected chi connectivity index (χ1v) is 23.6. The van der Waals surface area contributed by atoms with E-state index in [-0.39, 0.29) is 24.1 Å². The van der Waals surface area contributed by atoms with Gasteiger partial charge in [-0.3, -0.25) is 14.2 Å². The molecule has 6 N–H and O–H groups in total. The van der Waals surface area contributed by atoms with Crippen LogP contribution in [0.25, 0.3) is 34.0 Å². The van der Waals surface area contributed by atoms with Gasteiger partial charge in [-0.25, -0.2) is 0 Å². The van der Waals surface area contributed by atoms with Gasteiger partial charge in [0.2, 0.25) is 0 Å². The van der Waals surface area contributed by atoms with Crippen LogP contribution in [0.2, 0.25) is 10.0 Å². The van der Waals surface area contributed by atoms with Crippen molar-refractivity contribution < 1.29 is 23.2 Å². The molecule has 6 aromatic rings. The summed E-state index contributed by atoms with van der Waals surface area (Å²) in [5, 5.41) is 21.3. The lowest BCUT2D eigenvalue weighted by atomic mass is 10.1. The fraction of sp³-hybridized carbons (Fsp3) is 0.163. The Bertz CT molecular complexity index is 2910. The van der Waals surface area contributed by atoms with Crippen LogP contribution in [0.3, 0.4) is 0 Å². The predicted molar refractivity (Wildman–Crippen MR) is 254 cm³/mol. The van der Waals surface area contributed by atoms with Crippen LogP contribution in [0, 0.1) is 50.4 Å². The van der Waals surface area contributed by atoms with Crippen LogP contribution >= 0.6 is 45.7 Å². The van der Waals surface area contributed by atoms with Gasteiger partial charge in [-0.1, -0.05) is 54.6 Å². The number of rotatable bonds is 9. The van der Waals surface area contributed by atoms with Crippen molar-refractivity contribution in [3.63, 3.8) is 0 Å². The number of nitriles is 2. The van der Waals surface area contributed by atoms with Crippen LogP contribution in [-0.4, -0.2) is 35.6 Å². The van der Waals surface area contributed by atoms with Crippen molar-refractivity contribution in [2.45, 2.75) is 35.1 Å². The second kappa shape index (κ2) is 20.4. The van der Waals surface area contributed by atoms with E-state index in [1.54, 1.807) is 68.2 Å². The summed E-state index contributed by atoms with van der Waals surface area (Å²) in [6.07, 6.45) is 5.97. The van der Waals surface area contributed by atoms with Gasteiger partial charge in [0.25, 0.3) is 19.2 Å². The molecule has 0 saturated heterocycles. The Morgan fingerprint density at radius 1 is 0.733 bits per heavy atom. The molecule has 0 bridgehead atoms. The maximum Gasteiger partial charge on any atom is 0.266 e. The van der Waals surface area contributed by atoms with Crippen LogP contribution in [-0.2, 0) is 25.5 Å². The fourth-order valence-corrected chi connectivity index (χ4v) is 11.9. The summed E-state index contributed by atoms with van der Waals surface area (Å²) < 4.78 is 33.9. The number of halogens is 2. The molecule has 2 heterocycles.